The van der Waals surface area contributed by atoms with Crippen molar-refractivity contribution < 1.29 is 18.7 Å². The van der Waals surface area contributed by atoms with Gasteiger partial charge in [-0.05, 0) is 31.9 Å². The van der Waals surface area contributed by atoms with Gasteiger partial charge < -0.3 is 14.1 Å². The van der Waals surface area contributed by atoms with Crippen LogP contribution in [0.2, 0.25) is 0 Å². The summed E-state index contributed by atoms with van der Waals surface area (Å²) in [6, 6.07) is 8.03. The van der Waals surface area contributed by atoms with E-state index in [9.17, 15) is 14.4 Å². The van der Waals surface area contributed by atoms with Crippen molar-refractivity contribution >= 4 is 22.8 Å². The molecule has 0 unspecified atom stereocenters. The molecule has 24 heavy (non-hydrogen) atoms. The smallest absolute Gasteiger partial charge is 0.310 e. The molecule has 0 aliphatic carbocycles. The minimum absolute atomic E-state index is 0.00297. The van der Waals surface area contributed by atoms with E-state index in [1.807, 2.05) is 0 Å². The Morgan fingerprint density at radius 2 is 2.12 bits per heavy atom. The van der Waals surface area contributed by atoms with Crippen molar-refractivity contribution in [1.82, 2.24) is 4.90 Å². The zero-order chi connectivity index (χ0) is 17.1. The molecule has 0 saturated carbocycles. The van der Waals surface area contributed by atoms with Crippen LogP contribution in [0.5, 0.6) is 0 Å². The van der Waals surface area contributed by atoms with Gasteiger partial charge in [0.05, 0.1) is 17.9 Å². The summed E-state index contributed by atoms with van der Waals surface area (Å²) in [4.78, 5) is 38.3. The van der Waals surface area contributed by atoms with Gasteiger partial charge in [-0.1, -0.05) is 12.1 Å². The summed E-state index contributed by atoms with van der Waals surface area (Å²) in [6.07, 6.45) is 1.41. The topological polar surface area (TPSA) is 76.8 Å². The van der Waals surface area contributed by atoms with Gasteiger partial charge in [0, 0.05) is 19.2 Å². The van der Waals surface area contributed by atoms with E-state index in [0.29, 0.717) is 37.0 Å². The highest BCUT2D eigenvalue weighted by Gasteiger charge is 2.30. The van der Waals surface area contributed by atoms with Crippen molar-refractivity contribution in [2.24, 2.45) is 5.92 Å². The average Bonchev–Trinajstić information content (AvgIpc) is 2.61. The number of para-hydroxylation sites is 1. The highest BCUT2D eigenvalue weighted by Crippen LogP contribution is 2.21. The van der Waals surface area contributed by atoms with E-state index in [-0.39, 0.29) is 35.5 Å². The first-order chi connectivity index (χ1) is 11.6. The monoisotopic (exact) mass is 329 g/mol. The number of carbonyl (C=O) groups is 2. The Balaban J connectivity index is 1.83. The summed E-state index contributed by atoms with van der Waals surface area (Å²) in [6.45, 7) is 2.90. The van der Waals surface area contributed by atoms with E-state index >= 15 is 0 Å². The first-order valence-electron chi connectivity index (χ1n) is 8.09. The van der Waals surface area contributed by atoms with Crippen molar-refractivity contribution in [2.75, 3.05) is 19.7 Å². The van der Waals surface area contributed by atoms with Gasteiger partial charge in [0.25, 0.3) is 5.91 Å². The van der Waals surface area contributed by atoms with Crippen LogP contribution < -0.4 is 5.43 Å². The van der Waals surface area contributed by atoms with Crippen LogP contribution in [0.25, 0.3) is 11.0 Å². The van der Waals surface area contributed by atoms with Crippen LogP contribution in [0.3, 0.4) is 0 Å². The fourth-order valence-electron chi connectivity index (χ4n) is 2.98. The lowest BCUT2D eigenvalue weighted by Gasteiger charge is -2.31. The predicted molar refractivity (Wildman–Crippen MR) is 87.7 cm³/mol. The number of carbonyl (C=O) groups excluding carboxylic acids is 2. The second kappa shape index (κ2) is 6.86. The van der Waals surface area contributed by atoms with Gasteiger partial charge in [-0.25, -0.2) is 0 Å². The lowest BCUT2D eigenvalue weighted by Crippen LogP contribution is -2.43. The Hall–Kier alpha value is -2.63. The molecule has 126 valence electrons. The number of ether oxygens (including phenoxy) is 1. The lowest BCUT2D eigenvalue weighted by atomic mass is 9.98. The Bertz CT molecular complexity index is 826. The molecule has 3 rings (SSSR count). The molecule has 1 fully saturated rings. The fraction of sp³-hybridized carbons (Fsp3) is 0.389. The Kier molecular flexibility index (Phi) is 4.64. The molecule has 0 spiro atoms. The SMILES string of the molecule is CCOC(=O)[C@H]1CCCN(C(=O)c2cc(=O)c3ccccc3o2)C1. The van der Waals surface area contributed by atoms with Crippen LogP contribution in [-0.2, 0) is 9.53 Å². The first kappa shape index (κ1) is 16.2. The fourth-order valence-corrected chi connectivity index (χ4v) is 2.98. The summed E-state index contributed by atoms with van der Waals surface area (Å²) in [5.41, 5.74) is 0.131. The number of esters is 1. The van der Waals surface area contributed by atoms with Gasteiger partial charge in [0.1, 0.15) is 5.58 Å². The summed E-state index contributed by atoms with van der Waals surface area (Å²) >= 11 is 0. The molecule has 2 aromatic rings. The van der Waals surface area contributed by atoms with E-state index in [4.69, 9.17) is 9.15 Å². The first-order valence-corrected chi connectivity index (χ1v) is 8.09. The molecule has 1 aliphatic rings. The number of nitrogens with zero attached hydrogens (tertiary/aromatic N) is 1. The maximum atomic E-state index is 12.7. The lowest BCUT2D eigenvalue weighted by molar-refractivity contribution is -0.149. The van der Waals surface area contributed by atoms with Crippen molar-refractivity contribution in [3.8, 4) is 0 Å². The third kappa shape index (κ3) is 3.18. The van der Waals surface area contributed by atoms with E-state index in [1.54, 1.807) is 36.1 Å². The maximum absolute atomic E-state index is 12.7. The molecule has 2 heterocycles. The minimum Gasteiger partial charge on any atom is -0.466 e. The van der Waals surface area contributed by atoms with Crippen LogP contribution in [0.15, 0.2) is 39.5 Å². The number of hydrogen-bond donors (Lipinski definition) is 0. The number of likely N-dealkylation sites (tertiary alicyclic amines) is 1. The van der Waals surface area contributed by atoms with Crippen LogP contribution in [-0.4, -0.2) is 36.5 Å². The van der Waals surface area contributed by atoms with Crippen molar-refractivity contribution in [3.63, 3.8) is 0 Å². The highest BCUT2D eigenvalue weighted by molar-refractivity contribution is 5.93. The van der Waals surface area contributed by atoms with Crippen LogP contribution in [0.1, 0.15) is 30.3 Å². The molecule has 1 aliphatic heterocycles. The summed E-state index contributed by atoms with van der Waals surface area (Å²) in [7, 11) is 0. The summed E-state index contributed by atoms with van der Waals surface area (Å²) in [5.74, 6) is -0.972. The van der Waals surface area contributed by atoms with Crippen molar-refractivity contribution in [1.29, 1.82) is 0 Å². The van der Waals surface area contributed by atoms with E-state index in [1.165, 1.54) is 6.07 Å². The second-order valence-corrected chi connectivity index (χ2v) is 5.81. The molecule has 1 aromatic carbocycles. The molecular formula is C18H19NO5. The highest BCUT2D eigenvalue weighted by atomic mass is 16.5. The van der Waals surface area contributed by atoms with E-state index in [0.717, 1.165) is 0 Å². The number of hydrogen-bond acceptors (Lipinski definition) is 5. The third-order valence-corrected chi connectivity index (χ3v) is 4.17. The van der Waals surface area contributed by atoms with Crippen molar-refractivity contribution in [2.45, 2.75) is 19.8 Å². The Morgan fingerprint density at radius 3 is 2.92 bits per heavy atom. The summed E-state index contributed by atoms with van der Waals surface area (Å²) < 4.78 is 10.6. The predicted octanol–water partition coefficient (Wildman–Crippen LogP) is 2.21. The molecule has 0 bridgehead atoms. The van der Waals surface area contributed by atoms with Crippen LogP contribution >= 0.6 is 0 Å². The number of benzene rings is 1. The minimum atomic E-state index is -0.369. The molecule has 1 aromatic heterocycles. The molecule has 1 amide bonds. The Morgan fingerprint density at radius 1 is 1.33 bits per heavy atom. The van der Waals surface area contributed by atoms with Crippen molar-refractivity contribution in [3.05, 3.63) is 46.3 Å². The zero-order valence-corrected chi connectivity index (χ0v) is 13.5. The molecule has 0 radical (unpaired) electrons. The molecular weight excluding hydrogens is 310 g/mol. The van der Waals surface area contributed by atoms with Gasteiger partial charge in [-0.2, -0.15) is 0 Å². The van der Waals surface area contributed by atoms with Gasteiger partial charge in [-0.15, -0.1) is 0 Å². The average molecular weight is 329 g/mol. The van der Waals surface area contributed by atoms with Crippen LogP contribution in [0.4, 0.5) is 0 Å². The number of rotatable bonds is 3. The standard InChI is InChI=1S/C18H19NO5/c1-2-23-18(22)12-6-5-9-19(11-12)17(21)16-10-14(20)13-7-3-4-8-15(13)24-16/h3-4,7-8,10,12H,2,5-6,9,11H2,1H3/t12-/m0/s1. The van der Waals surface area contributed by atoms with Gasteiger partial charge in [-0.3, -0.25) is 14.4 Å². The van der Waals surface area contributed by atoms with Crippen LogP contribution in [0, 0.1) is 5.92 Å². The van der Waals surface area contributed by atoms with Gasteiger partial charge in [0.15, 0.2) is 11.2 Å². The molecule has 1 saturated heterocycles. The second-order valence-electron chi connectivity index (χ2n) is 5.81. The van der Waals surface area contributed by atoms with E-state index < -0.39 is 0 Å². The van der Waals surface area contributed by atoms with Gasteiger partial charge in [0.2, 0.25) is 0 Å². The molecule has 0 N–H and O–H groups in total. The van der Waals surface area contributed by atoms with E-state index in [2.05, 4.69) is 0 Å². The largest absolute Gasteiger partial charge is 0.466 e. The number of fused-ring (bicyclic) bond motifs is 1. The molecule has 1 atom stereocenters. The number of amides is 1. The molecule has 6 nitrogen and oxygen atoms in total. The normalized spacial score (nSPS) is 17.7. The molecule has 6 heteroatoms. The number of piperidine rings is 1. The third-order valence-electron chi connectivity index (χ3n) is 4.17. The summed E-state index contributed by atoms with van der Waals surface area (Å²) in [5, 5.41) is 0.442. The Labute approximate surface area is 139 Å². The zero-order valence-electron chi connectivity index (χ0n) is 13.5. The maximum Gasteiger partial charge on any atom is 0.310 e. The quantitative estimate of drug-likeness (QED) is 0.807. The van der Waals surface area contributed by atoms with Gasteiger partial charge >= 0.3 is 5.97 Å².